The molecule has 0 aliphatic carbocycles. The first-order valence-electron chi connectivity index (χ1n) is 14.0. The van der Waals surface area contributed by atoms with E-state index in [4.69, 9.17) is 14.7 Å². The number of ether oxygens (including phenoxy) is 1. The van der Waals surface area contributed by atoms with Gasteiger partial charge in [0.15, 0.2) is 11.6 Å². The van der Waals surface area contributed by atoms with Crippen LogP contribution in [-0.2, 0) is 0 Å². The van der Waals surface area contributed by atoms with Gasteiger partial charge in [-0.2, -0.15) is 0 Å². The molecule has 0 aliphatic heterocycles. The Bertz CT molecular complexity index is 1920. The summed E-state index contributed by atoms with van der Waals surface area (Å²) in [5.74, 6) is 3.95. The highest BCUT2D eigenvalue weighted by Crippen LogP contribution is 2.33. The van der Waals surface area contributed by atoms with Gasteiger partial charge in [0.25, 0.3) is 0 Å². The number of anilines is 2. The molecule has 8 heteroatoms. The lowest BCUT2D eigenvalue weighted by Crippen LogP contribution is -2.12. The van der Waals surface area contributed by atoms with Crippen molar-refractivity contribution in [2.24, 2.45) is 0 Å². The minimum atomic E-state index is 0.195. The van der Waals surface area contributed by atoms with E-state index in [2.05, 4.69) is 23.0 Å². The molecule has 0 spiro atoms. The van der Waals surface area contributed by atoms with E-state index >= 15 is 0 Å². The van der Waals surface area contributed by atoms with Gasteiger partial charge in [-0.05, 0) is 62.4 Å². The second-order valence-electron chi connectivity index (χ2n) is 10.8. The van der Waals surface area contributed by atoms with E-state index in [9.17, 15) is 5.11 Å². The largest absolute Gasteiger partial charge is 0.507 e. The number of aromatic hydroxyl groups is 1. The second-order valence-corrected chi connectivity index (χ2v) is 10.8. The van der Waals surface area contributed by atoms with Crippen molar-refractivity contribution >= 4 is 33.4 Å². The third kappa shape index (κ3) is 6.18. The lowest BCUT2D eigenvalue weighted by molar-refractivity contribution is 0.416. The van der Waals surface area contributed by atoms with Gasteiger partial charge in [-0.15, -0.1) is 0 Å². The Labute approximate surface area is 252 Å². The lowest BCUT2D eigenvalue weighted by atomic mass is 10.1. The van der Waals surface area contributed by atoms with Crippen molar-refractivity contribution in [1.82, 2.24) is 19.9 Å². The third-order valence-corrected chi connectivity index (χ3v) is 7.00. The van der Waals surface area contributed by atoms with Crippen molar-refractivity contribution < 1.29 is 9.84 Å². The van der Waals surface area contributed by atoms with E-state index in [0.717, 1.165) is 55.9 Å². The fourth-order valence-corrected chi connectivity index (χ4v) is 4.87. The van der Waals surface area contributed by atoms with E-state index in [1.165, 1.54) is 0 Å². The summed E-state index contributed by atoms with van der Waals surface area (Å²) >= 11 is 0. The van der Waals surface area contributed by atoms with Gasteiger partial charge in [-0.3, -0.25) is 0 Å². The first-order valence-corrected chi connectivity index (χ1v) is 14.0. The summed E-state index contributed by atoms with van der Waals surface area (Å²) in [5, 5.41) is 12.1. The standard InChI is InChI=1S/C18H19N3O.C17H17N3O/c1-12-9-10-16(22-4)14(11-12)17-19-15-8-6-5-7-13(15)18(20-17)21(2)3;1-11-8-9-15(21)13(10-11)16-18-14-7-5-4-6-12(14)17(19-16)20(2)3/h5-11H,1-4H3;4-10,21H,1-3H3. The minimum Gasteiger partial charge on any atom is -0.507 e. The number of hydrogen-bond acceptors (Lipinski definition) is 8. The smallest absolute Gasteiger partial charge is 0.165 e. The molecule has 0 saturated heterocycles. The van der Waals surface area contributed by atoms with E-state index in [1.807, 2.05) is 118 Å². The number of hydrogen-bond donors (Lipinski definition) is 1. The fourth-order valence-electron chi connectivity index (χ4n) is 4.87. The summed E-state index contributed by atoms with van der Waals surface area (Å²) in [7, 11) is 9.56. The molecule has 2 heterocycles. The Hall–Kier alpha value is -5.24. The van der Waals surface area contributed by atoms with Crippen LogP contribution < -0.4 is 14.5 Å². The predicted octanol–water partition coefficient (Wildman–Crippen LogP) is 7.06. The average Bonchev–Trinajstić information content (AvgIpc) is 3.01. The molecule has 0 bridgehead atoms. The van der Waals surface area contributed by atoms with E-state index in [1.54, 1.807) is 13.2 Å². The first-order chi connectivity index (χ1) is 20.7. The molecule has 1 N–H and O–H groups in total. The molecule has 0 fully saturated rings. The van der Waals surface area contributed by atoms with Crippen LogP contribution in [0.4, 0.5) is 11.6 Å². The Kier molecular flexibility index (Phi) is 8.39. The van der Waals surface area contributed by atoms with Crippen molar-refractivity contribution in [3.63, 3.8) is 0 Å². The molecule has 218 valence electrons. The first kappa shape index (κ1) is 29.3. The van der Waals surface area contributed by atoms with Gasteiger partial charge in [-0.1, -0.05) is 47.5 Å². The number of nitrogens with zero attached hydrogens (tertiary/aromatic N) is 6. The number of benzene rings is 4. The summed E-state index contributed by atoms with van der Waals surface area (Å²) in [6.07, 6.45) is 0. The number of para-hydroxylation sites is 2. The average molecular weight is 573 g/mol. The highest BCUT2D eigenvalue weighted by atomic mass is 16.5. The van der Waals surface area contributed by atoms with E-state index < -0.39 is 0 Å². The number of rotatable bonds is 5. The van der Waals surface area contributed by atoms with Crippen LogP contribution in [0, 0.1) is 13.8 Å². The summed E-state index contributed by atoms with van der Waals surface area (Å²) in [6, 6.07) is 27.4. The number of phenols is 1. The fraction of sp³-hybridized carbons (Fsp3) is 0.200. The molecular formula is C35H36N6O2. The molecule has 8 nitrogen and oxygen atoms in total. The Morgan fingerprint density at radius 1 is 0.581 bits per heavy atom. The van der Waals surface area contributed by atoms with Crippen molar-refractivity contribution in [2.75, 3.05) is 45.1 Å². The van der Waals surface area contributed by atoms with E-state index in [-0.39, 0.29) is 5.75 Å². The Morgan fingerprint density at radius 3 is 1.56 bits per heavy atom. The maximum absolute atomic E-state index is 10.1. The monoisotopic (exact) mass is 572 g/mol. The summed E-state index contributed by atoms with van der Waals surface area (Å²) < 4.78 is 5.47. The summed E-state index contributed by atoms with van der Waals surface area (Å²) in [6.45, 7) is 4.04. The molecule has 0 aliphatic rings. The van der Waals surface area contributed by atoms with Crippen LogP contribution in [0.2, 0.25) is 0 Å². The number of aryl methyl sites for hydroxylation is 2. The lowest BCUT2D eigenvalue weighted by Gasteiger charge is -2.16. The summed E-state index contributed by atoms with van der Waals surface area (Å²) in [5.41, 5.74) is 5.58. The van der Waals surface area contributed by atoms with Crippen LogP contribution in [0.1, 0.15) is 11.1 Å². The van der Waals surface area contributed by atoms with Crippen molar-refractivity contribution in [3.05, 3.63) is 96.1 Å². The van der Waals surface area contributed by atoms with Crippen molar-refractivity contribution in [3.8, 4) is 34.3 Å². The van der Waals surface area contributed by atoms with Crippen LogP contribution in [0.25, 0.3) is 44.6 Å². The van der Waals surface area contributed by atoms with Crippen LogP contribution in [0.3, 0.4) is 0 Å². The topological polar surface area (TPSA) is 87.5 Å². The van der Waals surface area contributed by atoms with Crippen LogP contribution in [-0.4, -0.2) is 60.3 Å². The zero-order chi connectivity index (χ0) is 30.7. The molecule has 0 unspecified atom stereocenters. The maximum atomic E-state index is 10.1. The molecule has 0 amide bonds. The number of phenolic OH excluding ortho intramolecular Hbond substituents is 1. The number of aromatic nitrogens is 4. The molecule has 4 aromatic carbocycles. The van der Waals surface area contributed by atoms with E-state index in [0.29, 0.717) is 17.2 Å². The third-order valence-electron chi connectivity index (χ3n) is 7.00. The molecule has 0 atom stereocenters. The van der Waals surface area contributed by atoms with Gasteiger partial charge in [0.2, 0.25) is 0 Å². The van der Waals surface area contributed by atoms with Gasteiger partial charge >= 0.3 is 0 Å². The zero-order valence-electron chi connectivity index (χ0n) is 25.6. The molecule has 0 radical (unpaired) electrons. The molecule has 6 rings (SSSR count). The van der Waals surface area contributed by atoms with Gasteiger partial charge in [0.05, 0.1) is 29.3 Å². The maximum Gasteiger partial charge on any atom is 0.165 e. The predicted molar refractivity (Wildman–Crippen MR) is 176 cm³/mol. The van der Waals surface area contributed by atoms with Gasteiger partial charge < -0.3 is 19.6 Å². The van der Waals surface area contributed by atoms with Crippen molar-refractivity contribution in [1.29, 1.82) is 0 Å². The highest BCUT2D eigenvalue weighted by Gasteiger charge is 2.15. The van der Waals surface area contributed by atoms with Gasteiger partial charge in [-0.25, -0.2) is 19.9 Å². The molecule has 2 aromatic heterocycles. The molecule has 6 aromatic rings. The van der Waals surface area contributed by atoms with Crippen LogP contribution in [0.15, 0.2) is 84.9 Å². The minimum absolute atomic E-state index is 0.195. The molecule has 0 saturated carbocycles. The quantitative estimate of drug-likeness (QED) is 0.235. The van der Waals surface area contributed by atoms with Gasteiger partial charge in [0.1, 0.15) is 23.1 Å². The van der Waals surface area contributed by atoms with Crippen LogP contribution in [0.5, 0.6) is 11.5 Å². The summed E-state index contributed by atoms with van der Waals surface area (Å²) in [4.78, 5) is 22.7. The highest BCUT2D eigenvalue weighted by molar-refractivity contribution is 5.92. The normalized spacial score (nSPS) is 10.8. The molecular weight excluding hydrogens is 536 g/mol. The number of fused-ring (bicyclic) bond motifs is 2. The van der Waals surface area contributed by atoms with Crippen LogP contribution >= 0.6 is 0 Å². The Balaban J connectivity index is 0.000000171. The second kappa shape index (κ2) is 12.3. The zero-order valence-corrected chi connectivity index (χ0v) is 25.6. The van der Waals surface area contributed by atoms with Gasteiger partial charge in [0, 0.05) is 39.0 Å². The number of methoxy groups -OCH3 is 1. The van der Waals surface area contributed by atoms with Crippen molar-refractivity contribution in [2.45, 2.75) is 13.8 Å². The SMILES string of the molecule is COc1ccc(C)cc1-c1nc(N(C)C)c2ccccc2n1.Cc1ccc(O)c(-c2nc(N(C)C)c3ccccc3n2)c1. The molecule has 43 heavy (non-hydrogen) atoms. The Morgan fingerprint density at radius 2 is 1.05 bits per heavy atom.